The lowest BCUT2D eigenvalue weighted by Gasteiger charge is -2.34. The van der Waals surface area contributed by atoms with Crippen LogP contribution in [-0.2, 0) is 28.0 Å². The van der Waals surface area contributed by atoms with Crippen LogP contribution in [0.15, 0.2) is 48.5 Å². The number of nitrogens with zero attached hydrogens (tertiary/aromatic N) is 2. The lowest BCUT2D eigenvalue weighted by molar-refractivity contribution is -0.139. The molecule has 2 aromatic carbocycles. The highest BCUT2D eigenvalue weighted by molar-refractivity contribution is 6.09. The molecule has 6 heteroatoms. The Balaban J connectivity index is 1.36. The molecule has 1 heterocycles. The van der Waals surface area contributed by atoms with Gasteiger partial charge in [0.2, 0.25) is 5.91 Å². The Labute approximate surface area is 175 Å². The minimum atomic E-state index is -1.02. The van der Waals surface area contributed by atoms with E-state index in [-0.39, 0.29) is 24.4 Å². The van der Waals surface area contributed by atoms with Gasteiger partial charge in [0.25, 0.3) is 5.91 Å². The van der Waals surface area contributed by atoms with Crippen molar-refractivity contribution < 1.29 is 14.4 Å². The van der Waals surface area contributed by atoms with E-state index >= 15 is 0 Å². The highest BCUT2D eigenvalue weighted by atomic mass is 16.2. The minimum Gasteiger partial charge on any atom is -0.337 e. The van der Waals surface area contributed by atoms with Crippen LogP contribution in [0.3, 0.4) is 0 Å². The van der Waals surface area contributed by atoms with Crippen molar-refractivity contribution in [2.24, 2.45) is 0 Å². The monoisotopic (exact) mass is 403 g/mol. The number of fused-ring (bicyclic) bond motifs is 3. The van der Waals surface area contributed by atoms with E-state index < -0.39 is 11.6 Å². The van der Waals surface area contributed by atoms with Gasteiger partial charge in [-0.05, 0) is 54.4 Å². The molecular formula is C24H25N3O3. The second kappa shape index (κ2) is 6.97. The van der Waals surface area contributed by atoms with E-state index in [1.807, 2.05) is 36.4 Å². The summed E-state index contributed by atoms with van der Waals surface area (Å²) in [5.41, 5.74) is 3.34. The van der Waals surface area contributed by atoms with Crippen LogP contribution in [0.1, 0.15) is 47.6 Å². The molecule has 1 N–H and O–H groups in total. The fourth-order valence-corrected chi connectivity index (χ4v) is 5.28. The number of hydrogen-bond acceptors (Lipinski definition) is 3. The minimum absolute atomic E-state index is 0.0237. The summed E-state index contributed by atoms with van der Waals surface area (Å²) in [6, 6.07) is 15.4. The zero-order valence-electron chi connectivity index (χ0n) is 17.1. The molecule has 154 valence electrons. The molecule has 0 aromatic heterocycles. The van der Waals surface area contributed by atoms with Crippen molar-refractivity contribution in [1.29, 1.82) is 0 Å². The number of rotatable bonds is 3. The van der Waals surface area contributed by atoms with Crippen LogP contribution < -0.4 is 5.32 Å². The van der Waals surface area contributed by atoms with Gasteiger partial charge in [-0.2, -0.15) is 0 Å². The third kappa shape index (κ3) is 2.74. The zero-order chi connectivity index (χ0) is 20.9. The molecule has 1 fully saturated rings. The molecule has 1 spiro atoms. The summed E-state index contributed by atoms with van der Waals surface area (Å²) < 4.78 is 0. The second-order valence-corrected chi connectivity index (χ2v) is 8.50. The van der Waals surface area contributed by atoms with Gasteiger partial charge >= 0.3 is 6.03 Å². The summed E-state index contributed by atoms with van der Waals surface area (Å²) in [6.45, 7) is -0.232. The van der Waals surface area contributed by atoms with Crippen molar-refractivity contribution in [3.8, 4) is 0 Å². The van der Waals surface area contributed by atoms with Gasteiger partial charge in [0.05, 0.1) is 6.04 Å². The SMILES string of the molecule is CN(C(=O)CN1C(=O)NC2(CCc3ccccc32)C1=O)C1CCCc2ccccc21. The Bertz CT molecular complexity index is 1050. The number of likely N-dealkylation sites (N-methyl/N-ethyl adjacent to an activating group) is 1. The van der Waals surface area contributed by atoms with Crippen molar-refractivity contribution in [1.82, 2.24) is 15.1 Å². The van der Waals surface area contributed by atoms with Gasteiger partial charge in [0, 0.05) is 7.05 Å². The summed E-state index contributed by atoms with van der Waals surface area (Å²) in [4.78, 5) is 41.9. The summed E-state index contributed by atoms with van der Waals surface area (Å²) in [7, 11) is 1.77. The Morgan fingerprint density at radius 3 is 2.67 bits per heavy atom. The smallest absolute Gasteiger partial charge is 0.325 e. The first-order valence-corrected chi connectivity index (χ1v) is 10.6. The average Bonchev–Trinajstić information content (AvgIpc) is 3.26. The number of imide groups is 1. The largest absolute Gasteiger partial charge is 0.337 e. The van der Waals surface area contributed by atoms with Crippen molar-refractivity contribution >= 4 is 17.8 Å². The summed E-state index contributed by atoms with van der Waals surface area (Å²) in [5.74, 6) is -0.535. The molecule has 0 saturated carbocycles. The Morgan fingerprint density at radius 1 is 1.10 bits per heavy atom. The number of benzene rings is 2. The maximum atomic E-state index is 13.3. The first-order valence-electron chi connectivity index (χ1n) is 10.6. The van der Waals surface area contributed by atoms with Crippen molar-refractivity contribution in [3.05, 3.63) is 70.8 Å². The van der Waals surface area contributed by atoms with Gasteiger partial charge in [0.1, 0.15) is 12.1 Å². The van der Waals surface area contributed by atoms with Gasteiger partial charge in [0.15, 0.2) is 0 Å². The Hall–Kier alpha value is -3.15. The molecule has 30 heavy (non-hydrogen) atoms. The highest BCUT2D eigenvalue weighted by Gasteiger charge is 2.55. The summed E-state index contributed by atoms with van der Waals surface area (Å²) in [6.07, 6.45) is 4.19. The first-order chi connectivity index (χ1) is 14.5. The number of urea groups is 1. The number of hydrogen-bond donors (Lipinski definition) is 1. The summed E-state index contributed by atoms with van der Waals surface area (Å²) >= 11 is 0. The lowest BCUT2D eigenvalue weighted by atomic mass is 9.87. The molecule has 6 nitrogen and oxygen atoms in total. The van der Waals surface area contributed by atoms with Crippen LogP contribution in [0.25, 0.3) is 0 Å². The molecule has 1 saturated heterocycles. The van der Waals surface area contributed by atoms with E-state index in [2.05, 4.69) is 17.4 Å². The molecule has 0 radical (unpaired) electrons. The summed E-state index contributed by atoms with van der Waals surface area (Å²) in [5, 5.41) is 2.89. The molecule has 2 unspecified atom stereocenters. The van der Waals surface area contributed by atoms with Crippen molar-refractivity contribution in [2.75, 3.05) is 13.6 Å². The van der Waals surface area contributed by atoms with Crippen molar-refractivity contribution in [3.63, 3.8) is 0 Å². The van der Waals surface area contributed by atoms with Crippen LogP contribution >= 0.6 is 0 Å². The number of carbonyl (C=O) groups excluding carboxylic acids is 3. The topological polar surface area (TPSA) is 69.7 Å². The Kier molecular flexibility index (Phi) is 4.38. The van der Waals surface area contributed by atoms with Crippen LogP contribution in [-0.4, -0.2) is 41.2 Å². The maximum absolute atomic E-state index is 13.3. The van der Waals surface area contributed by atoms with E-state index in [9.17, 15) is 14.4 Å². The standard InChI is InChI=1S/C24H25N3O3/c1-26(20-12-6-9-16-7-2-4-10-18(16)20)21(28)15-27-22(29)24(25-23(27)30)14-13-17-8-3-5-11-19(17)24/h2-5,7-8,10-11,20H,6,9,12-15H2,1H3,(H,25,30). The highest BCUT2D eigenvalue weighted by Crippen LogP contribution is 2.41. The van der Waals surface area contributed by atoms with E-state index in [0.29, 0.717) is 6.42 Å². The molecule has 5 rings (SSSR count). The lowest BCUT2D eigenvalue weighted by Crippen LogP contribution is -2.45. The normalized spacial score (nSPS) is 24.6. The second-order valence-electron chi connectivity index (χ2n) is 8.50. The van der Waals surface area contributed by atoms with Crippen LogP contribution in [0.2, 0.25) is 0 Å². The fourth-order valence-electron chi connectivity index (χ4n) is 5.28. The fraction of sp³-hybridized carbons (Fsp3) is 0.375. The van der Waals surface area contributed by atoms with Gasteiger partial charge in [-0.15, -0.1) is 0 Å². The third-order valence-corrected chi connectivity index (χ3v) is 6.91. The van der Waals surface area contributed by atoms with Crippen LogP contribution in [0.5, 0.6) is 0 Å². The van der Waals surface area contributed by atoms with Gasteiger partial charge in [-0.25, -0.2) is 4.79 Å². The van der Waals surface area contributed by atoms with Crippen molar-refractivity contribution in [2.45, 2.75) is 43.7 Å². The van der Waals surface area contributed by atoms with Crippen LogP contribution in [0.4, 0.5) is 4.79 Å². The molecule has 2 atom stereocenters. The molecule has 3 aliphatic rings. The maximum Gasteiger partial charge on any atom is 0.325 e. The number of amides is 4. The zero-order valence-corrected chi connectivity index (χ0v) is 17.1. The number of nitrogens with one attached hydrogen (secondary N) is 1. The third-order valence-electron chi connectivity index (χ3n) is 6.91. The van der Waals surface area contributed by atoms with Gasteiger partial charge in [-0.1, -0.05) is 48.5 Å². The van der Waals surface area contributed by atoms with E-state index in [1.54, 1.807) is 11.9 Å². The molecule has 1 aliphatic heterocycles. The number of aryl methyl sites for hydroxylation is 2. The van der Waals surface area contributed by atoms with Gasteiger partial charge < -0.3 is 10.2 Å². The quantitative estimate of drug-likeness (QED) is 0.801. The predicted molar refractivity (Wildman–Crippen MR) is 112 cm³/mol. The first kappa shape index (κ1) is 18.9. The van der Waals surface area contributed by atoms with Crippen LogP contribution in [0, 0.1) is 0 Å². The molecule has 0 bridgehead atoms. The molecule has 4 amide bonds. The van der Waals surface area contributed by atoms with E-state index in [4.69, 9.17) is 0 Å². The predicted octanol–water partition coefficient (Wildman–Crippen LogP) is 2.92. The van der Waals surface area contributed by atoms with E-state index in [0.717, 1.165) is 47.3 Å². The van der Waals surface area contributed by atoms with Gasteiger partial charge in [-0.3, -0.25) is 14.5 Å². The van der Waals surface area contributed by atoms with E-state index in [1.165, 1.54) is 5.56 Å². The molecule has 2 aliphatic carbocycles. The average molecular weight is 403 g/mol. The molecule has 2 aromatic rings. The number of carbonyl (C=O) groups is 3. The molecular weight excluding hydrogens is 378 g/mol. The Morgan fingerprint density at radius 2 is 1.83 bits per heavy atom.